The van der Waals surface area contributed by atoms with Gasteiger partial charge in [-0.25, -0.2) is 9.49 Å². The van der Waals surface area contributed by atoms with Crippen LogP contribution in [0.4, 0.5) is 10.1 Å². The van der Waals surface area contributed by atoms with Crippen LogP contribution < -0.4 is 10.5 Å². The lowest BCUT2D eigenvalue weighted by Crippen LogP contribution is -2.44. The Bertz CT molecular complexity index is 906. The van der Waals surface area contributed by atoms with Crippen molar-refractivity contribution in [2.45, 2.75) is 44.9 Å². The molecule has 1 N–H and O–H groups in total. The first-order chi connectivity index (χ1) is 12.1. The van der Waals surface area contributed by atoms with Crippen molar-refractivity contribution in [2.24, 2.45) is 0 Å². The second-order valence-electron chi connectivity index (χ2n) is 6.83. The Labute approximate surface area is 144 Å². The van der Waals surface area contributed by atoms with E-state index < -0.39 is 0 Å². The lowest BCUT2D eigenvalue weighted by atomic mass is 9.86. The van der Waals surface area contributed by atoms with Crippen LogP contribution in [0.5, 0.6) is 0 Å². The number of nitrogens with zero attached hydrogens (tertiary/aromatic N) is 2. The number of anilines is 1. The highest BCUT2D eigenvalue weighted by Crippen LogP contribution is 2.33. The molecule has 1 aliphatic carbocycles. The molecule has 2 heterocycles. The summed E-state index contributed by atoms with van der Waals surface area (Å²) in [5, 5.41) is 6.91. The number of β-lactam (4-membered cyclic amide) rings is 1. The predicted molar refractivity (Wildman–Crippen MR) is 92.4 cm³/mol. The van der Waals surface area contributed by atoms with E-state index in [4.69, 9.17) is 0 Å². The van der Waals surface area contributed by atoms with Gasteiger partial charge in [0.1, 0.15) is 5.82 Å². The molecule has 130 valence electrons. The molecule has 1 amide bonds. The minimum absolute atomic E-state index is 0.0525. The largest absolute Gasteiger partial charge is 0.309 e. The fourth-order valence-electron chi connectivity index (χ4n) is 3.78. The van der Waals surface area contributed by atoms with Crippen molar-refractivity contribution in [1.29, 1.82) is 0 Å². The van der Waals surface area contributed by atoms with Gasteiger partial charge in [0.25, 0.3) is 5.56 Å². The molecule has 5 nitrogen and oxygen atoms in total. The molecular formula is C19H20FN3O2. The first-order valence-corrected chi connectivity index (χ1v) is 8.76. The summed E-state index contributed by atoms with van der Waals surface area (Å²) >= 11 is 0. The maximum atomic E-state index is 14.1. The molecule has 25 heavy (non-hydrogen) atoms. The van der Waals surface area contributed by atoms with Gasteiger partial charge in [-0.3, -0.25) is 9.59 Å². The molecule has 1 fully saturated rings. The SMILES string of the molecule is CC(c1ccc(F)c(N2CCC2=O)c1)c1n[nH]c(=O)c2c1CCCC2. The van der Waals surface area contributed by atoms with Gasteiger partial charge in [0, 0.05) is 24.4 Å². The van der Waals surface area contributed by atoms with Gasteiger partial charge < -0.3 is 4.90 Å². The standard InChI is InChI=1S/C19H20FN3O2/c1-11(18-13-4-2-3-5-14(13)19(25)22-21-18)12-6-7-15(20)16(10-12)23-9-8-17(23)24/h6-7,10-11H,2-5,8-9H2,1H3,(H,22,25). The smallest absolute Gasteiger partial charge is 0.267 e. The molecule has 0 radical (unpaired) electrons. The summed E-state index contributed by atoms with van der Waals surface area (Å²) in [7, 11) is 0. The van der Waals surface area contributed by atoms with Gasteiger partial charge in [0.05, 0.1) is 11.4 Å². The molecule has 6 heteroatoms. The summed E-state index contributed by atoms with van der Waals surface area (Å²) in [5.74, 6) is -0.525. The molecule has 0 spiro atoms. The average Bonchev–Trinajstić information content (AvgIpc) is 2.62. The Morgan fingerprint density at radius 1 is 1.16 bits per heavy atom. The van der Waals surface area contributed by atoms with Crippen LogP contribution >= 0.6 is 0 Å². The number of H-pyrrole nitrogens is 1. The van der Waals surface area contributed by atoms with E-state index in [1.54, 1.807) is 12.1 Å². The number of rotatable bonds is 3. The first kappa shape index (κ1) is 16.0. The maximum absolute atomic E-state index is 14.1. The molecule has 1 saturated heterocycles. The van der Waals surface area contributed by atoms with Crippen LogP contribution in [0.1, 0.15) is 54.5 Å². The van der Waals surface area contributed by atoms with E-state index in [1.165, 1.54) is 11.0 Å². The highest BCUT2D eigenvalue weighted by molar-refractivity contribution is 5.99. The van der Waals surface area contributed by atoms with Gasteiger partial charge in [-0.2, -0.15) is 5.10 Å². The lowest BCUT2D eigenvalue weighted by molar-refractivity contribution is -0.122. The van der Waals surface area contributed by atoms with Gasteiger partial charge in [0.2, 0.25) is 5.91 Å². The number of fused-ring (bicyclic) bond motifs is 1. The number of carbonyl (C=O) groups excluding carboxylic acids is 1. The van der Waals surface area contributed by atoms with Gasteiger partial charge in [-0.15, -0.1) is 0 Å². The number of benzene rings is 1. The van der Waals surface area contributed by atoms with Crippen molar-refractivity contribution in [2.75, 3.05) is 11.4 Å². The Morgan fingerprint density at radius 3 is 2.60 bits per heavy atom. The van der Waals surface area contributed by atoms with Crippen molar-refractivity contribution in [3.05, 3.63) is 56.8 Å². The average molecular weight is 341 g/mol. The van der Waals surface area contributed by atoms with Crippen LogP contribution in [0, 0.1) is 5.82 Å². The quantitative estimate of drug-likeness (QED) is 0.873. The van der Waals surface area contributed by atoms with Gasteiger partial charge in [-0.1, -0.05) is 13.0 Å². The predicted octanol–water partition coefficient (Wildman–Crippen LogP) is 2.68. The summed E-state index contributed by atoms with van der Waals surface area (Å²) in [4.78, 5) is 25.2. The molecule has 0 saturated carbocycles. The topological polar surface area (TPSA) is 66.1 Å². The molecule has 1 aromatic heterocycles. The number of aromatic amines is 1. The number of hydrogen-bond donors (Lipinski definition) is 1. The van der Waals surface area contributed by atoms with E-state index in [9.17, 15) is 14.0 Å². The summed E-state index contributed by atoms with van der Waals surface area (Å²) in [6.07, 6.45) is 4.17. The van der Waals surface area contributed by atoms with Crippen molar-refractivity contribution in [3.63, 3.8) is 0 Å². The molecule has 1 atom stereocenters. The minimum atomic E-state index is -0.388. The summed E-state index contributed by atoms with van der Waals surface area (Å²) in [5.41, 5.74) is 3.84. The number of aromatic nitrogens is 2. The second kappa shape index (κ2) is 6.10. The Morgan fingerprint density at radius 2 is 1.92 bits per heavy atom. The fourth-order valence-corrected chi connectivity index (χ4v) is 3.78. The van der Waals surface area contributed by atoms with Crippen LogP contribution in [0.3, 0.4) is 0 Å². The second-order valence-corrected chi connectivity index (χ2v) is 6.83. The van der Waals surface area contributed by atoms with E-state index in [-0.39, 0.29) is 23.2 Å². The van der Waals surface area contributed by atoms with E-state index >= 15 is 0 Å². The van der Waals surface area contributed by atoms with Gasteiger partial charge >= 0.3 is 0 Å². The van der Waals surface area contributed by atoms with Crippen LogP contribution in [0.15, 0.2) is 23.0 Å². The molecule has 1 unspecified atom stereocenters. The molecule has 2 aromatic rings. The number of nitrogens with one attached hydrogen (secondary N) is 1. The Kier molecular flexibility index (Phi) is 3.90. The minimum Gasteiger partial charge on any atom is -0.309 e. The molecule has 0 bridgehead atoms. The molecule has 2 aliphatic rings. The van der Waals surface area contributed by atoms with E-state index in [0.717, 1.165) is 48.1 Å². The lowest BCUT2D eigenvalue weighted by Gasteiger charge is -2.31. The van der Waals surface area contributed by atoms with E-state index in [1.807, 2.05) is 6.92 Å². The number of carbonyl (C=O) groups is 1. The third-order valence-corrected chi connectivity index (χ3v) is 5.35. The maximum Gasteiger partial charge on any atom is 0.267 e. The zero-order valence-electron chi connectivity index (χ0n) is 14.1. The zero-order chi connectivity index (χ0) is 17.6. The molecule has 4 rings (SSSR count). The van der Waals surface area contributed by atoms with Crippen LogP contribution in [0.2, 0.25) is 0 Å². The van der Waals surface area contributed by atoms with Gasteiger partial charge in [-0.05, 0) is 48.9 Å². The molecular weight excluding hydrogens is 321 g/mol. The monoisotopic (exact) mass is 341 g/mol. The van der Waals surface area contributed by atoms with Crippen LogP contribution in [0.25, 0.3) is 0 Å². The van der Waals surface area contributed by atoms with Crippen LogP contribution in [-0.4, -0.2) is 22.6 Å². The van der Waals surface area contributed by atoms with Crippen molar-refractivity contribution in [3.8, 4) is 0 Å². The van der Waals surface area contributed by atoms with Crippen LogP contribution in [-0.2, 0) is 17.6 Å². The third-order valence-electron chi connectivity index (χ3n) is 5.35. The first-order valence-electron chi connectivity index (χ1n) is 8.76. The van der Waals surface area contributed by atoms with E-state index in [0.29, 0.717) is 18.7 Å². The van der Waals surface area contributed by atoms with Crippen molar-refractivity contribution < 1.29 is 9.18 Å². The zero-order valence-corrected chi connectivity index (χ0v) is 14.1. The number of amides is 1. The third kappa shape index (κ3) is 2.65. The normalized spacial score (nSPS) is 17.8. The highest BCUT2D eigenvalue weighted by atomic mass is 19.1. The highest BCUT2D eigenvalue weighted by Gasteiger charge is 2.29. The summed E-state index contributed by atoms with van der Waals surface area (Å²) in [6, 6.07) is 4.87. The molecule has 1 aliphatic heterocycles. The van der Waals surface area contributed by atoms with Crippen molar-refractivity contribution >= 4 is 11.6 Å². The summed E-state index contributed by atoms with van der Waals surface area (Å²) < 4.78 is 14.1. The fraction of sp³-hybridized carbons (Fsp3) is 0.421. The number of halogens is 1. The Balaban J connectivity index is 1.75. The molecule has 1 aromatic carbocycles. The number of hydrogen-bond acceptors (Lipinski definition) is 3. The van der Waals surface area contributed by atoms with Gasteiger partial charge in [0.15, 0.2) is 0 Å². The Hall–Kier alpha value is -2.50. The van der Waals surface area contributed by atoms with E-state index in [2.05, 4.69) is 10.2 Å². The summed E-state index contributed by atoms with van der Waals surface area (Å²) in [6.45, 7) is 2.56. The van der Waals surface area contributed by atoms with Crippen molar-refractivity contribution in [1.82, 2.24) is 10.2 Å².